The van der Waals surface area contributed by atoms with E-state index in [1.54, 1.807) is 73.9 Å². The number of aromatic nitrogens is 1. The van der Waals surface area contributed by atoms with E-state index in [1.165, 1.54) is 4.31 Å². The number of benzene rings is 2. The summed E-state index contributed by atoms with van der Waals surface area (Å²) >= 11 is 0. The van der Waals surface area contributed by atoms with Gasteiger partial charge in [0, 0.05) is 18.0 Å². The van der Waals surface area contributed by atoms with E-state index in [1.807, 2.05) is 6.07 Å². The third-order valence-electron chi connectivity index (χ3n) is 4.25. The lowest BCUT2D eigenvalue weighted by atomic mass is 10.2. The van der Waals surface area contributed by atoms with Crippen molar-refractivity contribution in [3.63, 3.8) is 0 Å². The van der Waals surface area contributed by atoms with Crippen LogP contribution in [0.15, 0.2) is 73.1 Å². The molecule has 0 aliphatic heterocycles. The van der Waals surface area contributed by atoms with Gasteiger partial charge in [0.1, 0.15) is 11.5 Å². The zero-order chi connectivity index (χ0) is 20.9. The van der Waals surface area contributed by atoms with Gasteiger partial charge >= 0.3 is 0 Å². The molecule has 0 radical (unpaired) electrons. The number of carbonyl (C=O) groups is 1. The van der Waals surface area contributed by atoms with Gasteiger partial charge in [0.15, 0.2) is 0 Å². The van der Waals surface area contributed by atoms with Crippen molar-refractivity contribution in [2.24, 2.45) is 5.73 Å². The summed E-state index contributed by atoms with van der Waals surface area (Å²) in [5.74, 6) is 0.552. The van der Waals surface area contributed by atoms with Crippen LogP contribution in [0.1, 0.15) is 22.8 Å². The molecule has 0 aliphatic rings. The van der Waals surface area contributed by atoms with Gasteiger partial charge in [0.05, 0.1) is 18.0 Å². The summed E-state index contributed by atoms with van der Waals surface area (Å²) in [6.07, 6.45) is 3.29. The summed E-state index contributed by atoms with van der Waals surface area (Å²) in [6, 6.07) is 16.8. The molecule has 0 aliphatic carbocycles. The van der Waals surface area contributed by atoms with Crippen LogP contribution in [0.25, 0.3) is 0 Å². The minimum absolute atomic E-state index is 0.0161. The number of sulfonamides is 1. The fourth-order valence-electron chi connectivity index (χ4n) is 2.67. The van der Waals surface area contributed by atoms with Crippen molar-refractivity contribution in [1.29, 1.82) is 0 Å². The molecule has 1 heterocycles. The summed E-state index contributed by atoms with van der Waals surface area (Å²) in [5.41, 5.74) is 6.94. The zero-order valence-corrected chi connectivity index (χ0v) is 16.7. The van der Waals surface area contributed by atoms with E-state index in [-0.39, 0.29) is 12.3 Å². The van der Waals surface area contributed by atoms with Crippen molar-refractivity contribution in [2.45, 2.75) is 13.5 Å². The van der Waals surface area contributed by atoms with Crippen LogP contribution in [-0.4, -0.2) is 25.1 Å². The Morgan fingerprint density at radius 3 is 2.17 bits per heavy atom. The molecule has 0 bridgehead atoms. The molecule has 8 heteroatoms. The SMILES string of the molecule is CCS(=O)(=O)N(Cc1cccnc1)c1ccc(Oc2ccc(C(N)=O)cc2)cc1. The number of rotatable bonds is 8. The average Bonchev–Trinajstić information content (AvgIpc) is 2.74. The number of pyridine rings is 1. The Bertz CT molecular complexity index is 1070. The Morgan fingerprint density at radius 2 is 1.66 bits per heavy atom. The molecule has 2 aromatic carbocycles. The molecular weight excluding hydrogens is 390 g/mol. The maximum Gasteiger partial charge on any atom is 0.248 e. The zero-order valence-electron chi connectivity index (χ0n) is 15.9. The van der Waals surface area contributed by atoms with Crippen LogP contribution in [0.4, 0.5) is 5.69 Å². The van der Waals surface area contributed by atoms with Crippen molar-refractivity contribution in [3.8, 4) is 11.5 Å². The highest BCUT2D eigenvalue weighted by molar-refractivity contribution is 7.92. The fraction of sp³-hybridized carbons (Fsp3) is 0.143. The number of hydrogen-bond donors (Lipinski definition) is 1. The molecule has 0 unspecified atom stereocenters. The van der Waals surface area contributed by atoms with Crippen molar-refractivity contribution < 1.29 is 17.9 Å². The summed E-state index contributed by atoms with van der Waals surface area (Å²) in [5, 5.41) is 0. The van der Waals surface area contributed by atoms with Crippen LogP contribution in [0.2, 0.25) is 0 Å². The highest BCUT2D eigenvalue weighted by atomic mass is 32.2. The van der Waals surface area contributed by atoms with Crippen molar-refractivity contribution >= 4 is 21.6 Å². The van der Waals surface area contributed by atoms with Gasteiger partial charge in [0.25, 0.3) is 0 Å². The first-order valence-corrected chi connectivity index (χ1v) is 10.6. The number of nitrogens with two attached hydrogens (primary N) is 1. The molecule has 0 saturated heterocycles. The Hall–Kier alpha value is -3.39. The number of hydrogen-bond acceptors (Lipinski definition) is 5. The van der Waals surface area contributed by atoms with Crippen molar-refractivity contribution in [1.82, 2.24) is 4.98 Å². The number of ether oxygens (including phenoxy) is 1. The Balaban J connectivity index is 1.80. The minimum Gasteiger partial charge on any atom is -0.457 e. The van der Waals surface area contributed by atoms with E-state index >= 15 is 0 Å². The molecule has 3 aromatic rings. The molecule has 0 saturated carbocycles. The predicted molar refractivity (Wildman–Crippen MR) is 111 cm³/mol. The van der Waals surface area contributed by atoms with Crippen LogP contribution in [-0.2, 0) is 16.6 Å². The third-order valence-corrected chi connectivity index (χ3v) is 5.99. The van der Waals surface area contributed by atoms with Crippen molar-refractivity contribution in [2.75, 3.05) is 10.1 Å². The smallest absolute Gasteiger partial charge is 0.248 e. The molecule has 2 N–H and O–H groups in total. The van der Waals surface area contributed by atoms with Crippen LogP contribution in [0.5, 0.6) is 11.5 Å². The summed E-state index contributed by atoms with van der Waals surface area (Å²) in [6.45, 7) is 1.80. The van der Waals surface area contributed by atoms with E-state index in [0.29, 0.717) is 22.7 Å². The quantitative estimate of drug-likeness (QED) is 0.612. The second-order valence-electron chi connectivity index (χ2n) is 6.25. The van der Waals surface area contributed by atoms with E-state index in [0.717, 1.165) is 5.56 Å². The Morgan fingerprint density at radius 1 is 1.03 bits per heavy atom. The second kappa shape index (κ2) is 8.74. The Kier molecular flexibility index (Phi) is 6.13. The highest BCUT2D eigenvalue weighted by Gasteiger charge is 2.21. The highest BCUT2D eigenvalue weighted by Crippen LogP contribution is 2.27. The number of carbonyl (C=O) groups excluding carboxylic acids is 1. The molecule has 150 valence electrons. The van der Waals surface area contributed by atoms with Crippen LogP contribution < -0.4 is 14.8 Å². The third kappa shape index (κ3) is 5.11. The fourth-order valence-corrected chi connectivity index (χ4v) is 3.77. The van der Waals surface area contributed by atoms with E-state index in [4.69, 9.17) is 10.5 Å². The summed E-state index contributed by atoms with van der Waals surface area (Å²) < 4.78 is 32.3. The first-order valence-electron chi connectivity index (χ1n) is 8.96. The van der Waals surface area contributed by atoms with Crippen LogP contribution in [0.3, 0.4) is 0 Å². The van der Waals surface area contributed by atoms with Gasteiger partial charge in [-0.2, -0.15) is 0 Å². The van der Waals surface area contributed by atoms with Gasteiger partial charge in [-0.25, -0.2) is 8.42 Å². The predicted octanol–water partition coefficient (Wildman–Crippen LogP) is 3.33. The molecule has 3 rings (SSSR count). The van der Waals surface area contributed by atoms with Gasteiger partial charge in [0.2, 0.25) is 15.9 Å². The molecule has 0 fully saturated rings. The molecular formula is C21H21N3O4S. The van der Waals surface area contributed by atoms with Gasteiger partial charge < -0.3 is 10.5 Å². The summed E-state index contributed by atoms with van der Waals surface area (Å²) in [4.78, 5) is 15.2. The normalized spacial score (nSPS) is 11.1. The number of anilines is 1. The number of amides is 1. The lowest BCUT2D eigenvalue weighted by Gasteiger charge is -2.24. The molecule has 1 amide bonds. The first kappa shape index (κ1) is 20.3. The van der Waals surface area contributed by atoms with Gasteiger partial charge in [-0.3, -0.25) is 14.1 Å². The maximum atomic E-state index is 12.6. The average molecular weight is 411 g/mol. The molecule has 1 aromatic heterocycles. The minimum atomic E-state index is -3.48. The first-order chi connectivity index (χ1) is 13.9. The lowest BCUT2D eigenvalue weighted by Crippen LogP contribution is -2.31. The molecule has 29 heavy (non-hydrogen) atoms. The molecule has 0 atom stereocenters. The van der Waals surface area contributed by atoms with Crippen LogP contribution in [0, 0.1) is 0 Å². The van der Waals surface area contributed by atoms with Gasteiger partial charge in [-0.1, -0.05) is 6.07 Å². The summed E-state index contributed by atoms with van der Waals surface area (Å²) in [7, 11) is -3.48. The van der Waals surface area contributed by atoms with E-state index in [9.17, 15) is 13.2 Å². The van der Waals surface area contributed by atoms with Crippen LogP contribution >= 0.6 is 0 Å². The largest absolute Gasteiger partial charge is 0.457 e. The van der Waals surface area contributed by atoms with Gasteiger partial charge in [-0.05, 0) is 67.1 Å². The Labute approximate surface area is 169 Å². The number of primary amides is 1. The van der Waals surface area contributed by atoms with E-state index in [2.05, 4.69) is 4.98 Å². The molecule has 0 spiro atoms. The topological polar surface area (TPSA) is 103 Å². The number of nitrogens with zero attached hydrogens (tertiary/aromatic N) is 2. The second-order valence-corrected chi connectivity index (χ2v) is 8.44. The monoisotopic (exact) mass is 411 g/mol. The maximum absolute atomic E-state index is 12.6. The van der Waals surface area contributed by atoms with Crippen molar-refractivity contribution in [3.05, 3.63) is 84.2 Å². The standard InChI is InChI=1S/C21H21N3O4S/c1-2-29(26,27)24(15-16-4-3-13-23-14-16)18-7-11-20(12-8-18)28-19-9-5-17(6-10-19)21(22)25/h3-14H,2,15H2,1H3,(H2,22,25). The van der Waals surface area contributed by atoms with E-state index < -0.39 is 15.9 Å². The lowest BCUT2D eigenvalue weighted by molar-refractivity contribution is 0.100. The molecule has 7 nitrogen and oxygen atoms in total. The van der Waals surface area contributed by atoms with Gasteiger partial charge in [-0.15, -0.1) is 0 Å².